The Hall–Kier alpha value is 1.94. The van der Waals surface area contributed by atoms with Crippen molar-refractivity contribution in [3.8, 4) is 0 Å². The summed E-state index contributed by atoms with van der Waals surface area (Å²) in [5, 5.41) is 27.7. The van der Waals surface area contributed by atoms with Gasteiger partial charge < -0.3 is 38.4 Å². The summed E-state index contributed by atoms with van der Waals surface area (Å²) in [5.41, 5.74) is 4.25. The molecule has 7 N–H and O–H groups in total. The fraction of sp³-hybridized carbons (Fsp3) is 0.556. The van der Waals surface area contributed by atoms with Gasteiger partial charge in [0, 0.05) is 6.20 Å². The molecule has 2 heterocycles. The fourth-order valence-electron chi connectivity index (χ4n) is 1.99. The molecule has 1 fully saturated rings. The number of anilines is 1. The summed E-state index contributed by atoms with van der Waals surface area (Å²) in [7, 11) is -4.80. The van der Waals surface area contributed by atoms with Crippen LogP contribution in [0.5, 0.6) is 0 Å². The molecular weight excluding hydrogens is 387 g/mol. The Bertz CT molecular complexity index is 662. The smallest absolute Gasteiger partial charge is 1.00 e. The molecule has 23 heavy (non-hydrogen) atoms. The Morgan fingerprint density at radius 2 is 1.91 bits per heavy atom. The Kier molecular flexibility index (Phi) is 10.6. The first-order chi connectivity index (χ1) is 9.66. The van der Waals surface area contributed by atoms with Gasteiger partial charge in [-0.1, -0.05) is 0 Å². The first kappa shape index (κ1) is 24.9. The summed E-state index contributed by atoms with van der Waals surface area (Å²) < 4.78 is 17.0. The fourth-order valence-corrected chi connectivity index (χ4v) is 2.61. The van der Waals surface area contributed by atoms with Crippen molar-refractivity contribution in [3.05, 3.63) is 16.7 Å². The molecular formula is C9H16K2N3O8P. The van der Waals surface area contributed by atoms with E-state index >= 15 is 0 Å². The summed E-state index contributed by atoms with van der Waals surface area (Å²) in [4.78, 5) is 33.2. The monoisotopic (exact) mass is 403 g/mol. The molecule has 0 aromatic carbocycles. The van der Waals surface area contributed by atoms with Crippen LogP contribution in [0.15, 0.2) is 11.0 Å². The largest absolute Gasteiger partial charge is 1.00 e. The first-order valence-corrected chi connectivity index (χ1v) is 7.35. The number of aliphatic hydroxyl groups is 3. The maximum absolute atomic E-state index is 11.7. The van der Waals surface area contributed by atoms with Crippen LogP contribution in [0, 0.1) is 0 Å². The van der Waals surface area contributed by atoms with Gasteiger partial charge >= 0.3 is 116 Å². The molecule has 11 nitrogen and oxygen atoms in total. The molecule has 0 spiro atoms. The third kappa shape index (κ3) is 5.46. The second-order valence-electron chi connectivity index (χ2n) is 4.47. The number of rotatable bonds is 3. The zero-order chi connectivity index (χ0) is 15.9. The quantitative estimate of drug-likeness (QED) is 0.209. The molecule has 1 aliphatic heterocycles. The van der Waals surface area contributed by atoms with Crippen molar-refractivity contribution in [1.29, 1.82) is 0 Å². The molecule has 1 aliphatic rings. The van der Waals surface area contributed by atoms with Crippen LogP contribution in [-0.4, -0.2) is 59.6 Å². The van der Waals surface area contributed by atoms with E-state index < -0.39 is 55.6 Å². The second-order valence-corrected chi connectivity index (χ2v) is 6.04. The summed E-state index contributed by atoms with van der Waals surface area (Å²) in [6, 6.07) is 0. The Morgan fingerprint density at radius 3 is 2.35 bits per heavy atom. The molecule has 0 amide bonds. The van der Waals surface area contributed by atoms with Crippen molar-refractivity contribution in [2.24, 2.45) is 0 Å². The van der Waals surface area contributed by atoms with Gasteiger partial charge in [0.15, 0.2) is 6.23 Å². The van der Waals surface area contributed by atoms with Crippen LogP contribution >= 0.6 is 7.60 Å². The van der Waals surface area contributed by atoms with E-state index in [9.17, 15) is 19.6 Å². The molecule has 4 atom stereocenters. The Labute approximate surface area is 218 Å². The third-order valence-corrected chi connectivity index (χ3v) is 4.04. The molecule has 0 radical (unpaired) electrons. The standard InChI is InChI=1S/C9H14N3O8P.2K.2H/c10-7-4(21(17,18)19)1-12(9(16)11-7)8-6(15)5(14)3(2-13)20-8;;;;/h1,3,5-6,8,13-15H,2H2,(H2,10,11,16)(H2,17,18,19);;;;/q;2*+1;2*-1/t3-,5-,6-,8-;;;;/m1..../s1. The molecule has 0 unspecified atom stereocenters. The zero-order valence-electron chi connectivity index (χ0n) is 14.5. The van der Waals surface area contributed by atoms with E-state index in [1.165, 1.54) is 0 Å². The molecule has 0 saturated carbocycles. The molecule has 1 saturated heterocycles. The predicted octanol–water partition coefficient (Wildman–Crippen LogP) is -9.53. The normalized spacial score (nSPS) is 27.2. The van der Waals surface area contributed by atoms with E-state index in [2.05, 4.69) is 4.98 Å². The zero-order valence-corrected chi connectivity index (χ0v) is 19.6. The molecule has 14 heteroatoms. The summed E-state index contributed by atoms with van der Waals surface area (Å²) in [6.45, 7) is -0.614. The van der Waals surface area contributed by atoms with E-state index in [0.29, 0.717) is 10.8 Å². The minimum atomic E-state index is -4.80. The van der Waals surface area contributed by atoms with E-state index in [1.54, 1.807) is 0 Å². The van der Waals surface area contributed by atoms with Gasteiger partial charge in [0.25, 0.3) is 0 Å². The van der Waals surface area contributed by atoms with Crippen LogP contribution in [-0.2, 0) is 9.30 Å². The van der Waals surface area contributed by atoms with Crippen molar-refractivity contribution in [3.63, 3.8) is 0 Å². The van der Waals surface area contributed by atoms with Gasteiger partial charge in [-0.15, -0.1) is 0 Å². The number of ether oxygens (including phenoxy) is 1. The number of hydrogen-bond donors (Lipinski definition) is 6. The maximum Gasteiger partial charge on any atom is 1.00 e. The Morgan fingerprint density at radius 1 is 1.35 bits per heavy atom. The number of nitrogens with zero attached hydrogens (tertiary/aromatic N) is 2. The van der Waals surface area contributed by atoms with E-state index in [-0.39, 0.29) is 106 Å². The van der Waals surface area contributed by atoms with Crippen LogP contribution < -0.4 is 119 Å². The molecule has 0 aliphatic carbocycles. The number of aromatic nitrogens is 2. The van der Waals surface area contributed by atoms with E-state index in [1.807, 2.05) is 0 Å². The van der Waals surface area contributed by atoms with Crippen molar-refractivity contribution in [2.75, 3.05) is 12.3 Å². The molecule has 1 aromatic rings. The summed E-state index contributed by atoms with van der Waals surface area (Å²) in [5.74, 6) is -0.642. The molecule has 1 aromatic heterocycles. The number of hydrogen-bond acceptors (Lipinski definition) is 8. The first-order valence-electron chi connectivity index (χ1n) is 5.74. The minimum absolute atomic E-state index is 0. The van der Waals surface area contributed by atoms with Gasteiger partial charge in [0.2, 0.25) is 0 Å². The van der Waals surface area contributed by atoms with Crippen molar-refractivity contribution < 1.29 is 140 Å². The van der Waals surface area contributed by atoms with Crippen LogP contribution in [0.1, 0.15) is 9.08 Å². The average Bonchev–Trinajstić information content (AvgIpc) is 2.65. The summed E-state index contributed by atoms with van der Waals surface area (Å²) >= 11 is 0. The molecule has 2 rings (SSSR count). The Balaban J connectivity index is -0.00000121. The van der Waals surface area contributed by atoms with Crippen molar-refractivity contribution in [1.82, 2.24) is 9.55 Å². The van der Waals surface area contributed by atoms with Gasteiger partial charge in [-0.2, -0.15) is 4.98 Å². The topological polar surface area (TPSA) is 188 Å². The average molecular weight is 403 g/mol. The van der Waals surface area contributed by atoms with E-state index in [4.69, 9.17) is 25.4 Å². The van der Waals surface area contributed by atoms with Gasteiger partial charge in [-0.05, 0) is 0 Å². The van der Waals surface area contributed by atoms with Gasteiger partial charge in [-0.25, -0.2) is 4.79 Å². The number of aliphatic hydroxyl groups excluding tert-OH is 3. The van der Waals surface area contributed by atoms with Gasteiger partial charge in [0.05, 0.1) is 6.61 Å². The molecule has 122 valence electrons. The molecule has 0 bridgehead atoms. The van der Waals surface area contributed by atoms with Crippen LogP contribution in [0.2, 0.25) is 0 Å². The van der Waals surface area contributed by atoms with E-state index in [0.717, 1.165) is 0 Å². The number of nitrogen functional groups attached to an aromatic ring is 1. The second kappa shape index (κ2) is 9.76. The maximum atomic E-state index is 11.7. The van der Waals surface area contributed by atoms with Crippen LogP contribution in [0.4, 0.5) is 5.82 Å². The summed E-state index contributed by atoms with van der Waals surface area (Å²) in [6.07, 6.45) is -4.94. The van der Waals surface area contributed by atoms with Gasteiger partial charge in [0.1, 0.15) is 29.4 Å². The SMILES string of the molecule is Nc1nc(=O)n([C@@H]2O[C@H](CO)[C@@H](O)[C@H]2O)cc1P(=O)(O)O.[H-].[H-].[K+].[K+]. The predicted molar refractivity (Wildman–Crippen MR) is 69.8 cm³/mol. The number of nitrogens with two attached hydrogens (primary N) is 1. The van der Waals surface area contributed by atoms with Crippen LogP contribution in [0.25, 0.3) is 0 Å². The minimum Gasteiger partial charge on any atom is -1.00 e. The van der Waals surface area contributed by atoms with Crippen molar-refractivity contribution in [2.45, 2.75) is 24.5 Å². The third-order valence-electron chi connectivity index (χ3n) is 3.07. The van der Waals surface area contributed by atoms with Crippen molar-refractivity contribution >= 4 is 18.7 Å². The van der Waals surface area contributed by atoms with Crippen LogP contribution in [0.3, 0.4) is 0 Å². The van der Waals surface area contributed by atoms with Gasteiger partial charge in [-0.3, -0.25) is 9.13 Å².